The quantitative estimate of drug-likeness (QED) is 0.234. The number of nitrogens with two attached hydrogens (primary N) is 2. The van der Waals surface area contributed by atoms with E-state index in [1.807, 2.05) is 5.43 Å². The first-order valence-electron chi connectivity index (χ1n) is 1.08. The van der Waals surface area contributed by atoms with Gasteiger partial charge in [0.15, 0.2) is 5.96 Å². The zero-order valence-corrected chi connectivity index (χ0v) is 11.2. The lowest BCUT2D eigenvalue weighted by molar-refractivity contribution is 0.995. The summed E-state index contributed by atoms with van der Waals surface area (Å²) in [6.45, 7) is 0. The Morgan fingerprint density at radius 3 is 0.917 bits per heavy atom. The molecule has 0 aliphatic carbocycles. The lowest BCUT2D eigenvalue weighted by Gasteiger charge is -1.85. The van der Waals surface area contributed by atoms with E-state index in [0.29, 0.717) is 0 Å². The Morgan fingerprint density at radius 2 is 0.917 bits per heavy atom. The van der Waals surface area contributed by atoms with Crippen LogP contribution in [0.5, 0.6) is 0 Å². The van der Waals surface area contributed by atoms with Gasteiger partial charge in [-0.15, -0.1) is 86.8 Å². The Labute approximate surface area is 115 Å². The summed E-state index contributed by atoms with van der Waals surface area (Å²) in [5, 5.41) is 6.28. The average Bonchev–Trinajstić information content (AvgIpc) is 1.38. The van der Waals surface area contributed by atoms with Crippen LogP contribution in [-0.4, -0.2) is 5.96 Å². The average molecular weight is 329 g/mol. The molecule has 11 heteroatoms. The minimum absolute atomic E-state index is 0. The van der Waals surface area contributed by atoms with Crippen LogP contribution in [-0.2, 0) is 0 Å². The molecule has 6 N–H and O–H groups in total. The summed E-state index contributed by atoms with van der Waals surface area (Å²) in [5.74, 6) is 4.35. The standard InChI is InChI=1S/CH6N4.7ClH/c2-1(3)5-4;;;;;;;/h4H2,(H4,2,3,5);7*1H. The molecule has 0 radical (unpaired) electrons. The highest BCUT2D eigenvalue weighted by atomic mass is 35.5. The van der Waals surface area contributed by atoms with Gasteiger partial charge >= 0.3 is 0 Å². The zero-order chi connectivity index (χ0) is 4.28. The van der Waals surface area contributed by atoms with Crippen LogP contribution >= 0.6 is 86.8 Å². The molecule has 0 aliphatic rings. The molecule has 0 amide bonds. The lowest BCUT2D eigenvalue weighted by atomic mass is 11.1. The van der Waals surface area contributed by atoms with Crippen molar-refractivity contribution in [1.82, 2.24) is 5.43 Å². The lowest BCUT2D eigenvalue weighted by Crippen LogP contribution is -2.35. The van der Waals surface area contributed by atoms with Crippen molar-refractivity contribution in [2.45, 2.75) is 0 Å². The number of halogens is 7. The predicted molar refractivity (Wildman–Crippen MR) is 70.0 cm³/mol. The molecule has 0 saturated carbocycles. The Morgan fingerprint density at radius 1 is 0.833 bits per heavy atom. The smallest absolute Gasteiger partial charge is 0.200 e. The number of hydrogen-bond donors (Lipinski definition) is 4. The van der Waals surface area contributed by atoms with E-state index in [1.165, 1.54) is 0 Å². The maximum absolute atomic E-state index is 6.28. The molecule has 0 unspecified atom stereocenters. The SMILES string of the molecule is Cl.Cl.Cl.Cl.Cl.Cl.Cl.N=C(N)NN. The summed E-state index contributed by atoms with van der Waals surface area (Å²) in [6.07, 6.45) is 0. The van der Waals surface area contributed by atoms with E-state index in [2.05, 4.69) is 11.6 Å². The third-order valence-corrected chi connectivity index (χ3v) is 0.156. The molecule has 0 aliphatic heterocycles. The van der Waals surface area contributed by atoms with E-state index in [4.69, 9.17) is 5.41 Å². The minimum atomic E-state index is -0.218. The fourth-order valence-corrected chi connectivity index (χ4v) is 0. The number of guanidine groups is 1. The molecular weight excluding hydrogens is 316 g/mol. The molecule has 0 rings (SSSR count). The van der Waals surface area contributed by atoms with Crippen LogP contribution in [0.2, 0.25) is 0 Å². The summed E-state index contributed by atoms with van der Waals surface area (Å²) >= 11 is 0. The van der Waals surface area contributed by atoms with Crippen molar-refractivity contribution in [3.63, 3.8) is 0 Å². The first-order chi connectivity index (χ1) is 2.27. The molecule has 0 aromatic carbocycles. The Bertz CT molecular complexity index is 50.7. The molecule has 4 nitrogen and oxygen atoms in total. The summed E-state index contributed by atoms with van der Waals surface area (Å²) in [5.41, 5.74) is 6.53. The Hall–Kier alpha value is 1.26. The molecule has 0 heterocycles. The minimum Gasteiger partial charge on any atom is -0.369 e. The van der Waals surface area contributed by atoms with Gasteiger partial charge < -0.3 is 5.73 Å². The molecule has 0 bridgehead atoms. The van der Waals surface area contributed by atoms with E-state index in [0.717, 1.165) is 0 Å². The van der Waals surface area contributed by atoms with Crippen molar-refractivity contribution in [3.05, 3.63) is 0 Å². The Kier molecular flexibility index (Phi) is 337. The van der Waals surface area contributed by atoms with Crippen LogP contribution in [0.1, 0.15) is 0 Å². The highest BCUT2D eigenvalue weighted by molar-refractivity contribution is 5.86. The molecule has 0 spiro atoms. The maximum atomic E-state index is 6.28. The van der Waals surface area contributed by atoms with E-state index >= 15 is 0 Å². The van der Waals surface area contributed by atoms with Crippen LogP contribution in [0.3, 0.4) is 0 Å². The number of rotatable bonds is 0. The molecule has 12 heavy (non-hydrogen) atoms. The monoisotopic (exact) mass is 326 g/mol. The van der Waals surface area contributed by atoms with E-state index in [-0.39, 0.29) is 92.8 Å². The summed E-state index contributed by atoms with van der Waals surface area (Å²) in [6, 6.07) is 0. The van der Waals surface area contributed by atoms with Gasteiger partial charge in [0.1, 0.15) is 0 Å². The molecule has 0 aromatic heterocycles. The van der Waals surface area contributed by atoms with E-state index in [9.17, 15) is 0 Å². The molecular formula is CH13Cl7N4. The van der Waals surface area contributed by atoms with Crippen LogP contribution in [0.4, 0.5) is 0 Å². The van der Waals surface area contributed by atoms with Gasteiger partial charge in [-0.25, -0.2) is 5.84 Å². The molecule has 0 saturated heterocycles. The van der Waals surface area contributed by atoms with Crippen molar-refractivity contribution < 1.29 is 0 Å². The summed E-state index contributed by atoms with van der Waals surface area (Å²) in [7, 11) is 0. The van der Waals surface area contributed by atoms with Crippen LogP contribution in [0.25, 0.3) is 0 Å². The molecule has 0 aromatic rings. The number of hydrazine groups is 1. The van der Waals surface area contributed by atoms with Gasteiger partial charge in [0.05, 0.1) is 0 Å². The third-order valence-electron chi connectivity index (χ3n) is 0.156. The van der Waals surface area contributed by atoms with Gasteiger partial charge in [-0.2, -0.15) is 0 Å². The first kappa shape index (κ1) is 72.0. The second kappa shape index (κ2) is 56.2. The highest BCUT2D eigenvalue weighted by Crippen LogP contribution is 1.25. The van der Waals surface area contributed by atoms with Gasteiger partial charge in [0, 0.05) is 0 Å². The van der Waals surface area contributed by atoms with Crippen LogP contribution in [0, 0.1) is 5.41 Å². The van der Waals surface area contributed by atoms with Crippen molar-refractivity contribution in [1.29, 1.82) is 5.41 Å². The Balaban J connectivity index is -0.00000000381. The van der Waals surface area contributed by atoms with E-state index in [1.54, 1.807) is 0 Å². The van der Waals surface area contributed by atoms with Gasteiger partial charge in [-0.1, -0.05) is 0 Å². The molecule has 0 fully saturated rings. The maximum Gasteiger partial charge on any atom is 0.200 e. The van der Waals surface area contributed by atoms with Crippen LogP contribution < -0.4 is 17.0 Å². The van der Waals surface area contributed by atoms with Crippen molar-refractivity contribution >= 4 is 92.8 Å². The largest absolute Gasteiger partial charge is 0.369 e. The number of nitrogens with one attached hydrogen (secondary N) is 2. The second-order valence-corrected chi connectivity index (χ2v) is 0.558. The second-order valence-electron chi connectivity index (χ2n) is 0.558. The van der Waals surface area contributed by atoms with Crippen LogP contribution in [0.15, 0.2) is 0 Å². The number of hydrogen-bond acceptors (Lipinski definition) is 2. The van der Waals surface area contributed by atoms with Crippen molar-refractivity contribution in [2.75, 3.05) is 0 Å². The summed E-state index contributed by atoms with van der Waals surface area (Å²) < 4.78 is 0. The van der Waals surface area contributed by atoms with Gasteiger partial charge in [-0.3, -0.25) is 10.8 Å². The van der Waals surface area contributed by atoms with Crippen molar-refractivity contribution in [3.8, 4) is 0 Å². The first-order valence-corrected chi connectivity index (χ1v) is 1.08. The predicted octanol–water partition coefficient (Wildman–Crippen LogP) is 1.30. The van der Waals surface area contributed by atoms with Gasteiger partial charge in [0.25, 0.3) is 0 Å². The fraction of sp³-hybridized carbons (Fsp3) is 0. The van der Waals surface area contributed by atoms with Crippen molar-refractivity contribution in [2.24, 2.45) is 11.6 Å². The molecule has 86 valence electrons. The normalized spacial score (nSPS) is 2.75. The third kappa shape index (κ3) is 112. The zero-order valence-electron chi connectivity index (χ0n) is 5.51. The summed E-state index contributed by atoms with van der Waals surface area (Å²) in [4.78, 5) is 0. The van der Waals surface area contributed by atoms with E-state index < -0.39 is 0 Å². The topological polar surface area (TPSA) is 87.9 Å². The highest BCUT2D eigenvalue weighted by Gasteiger charge is 1.66. The fourth-order valence-electron chi connectivity index (χ4n) is 0. The molecule has 0 atom stereocenters. The van der Waals surface area contributed by atoms with Gasteiger partial charge in [-0.05, 0) is 0 Å². The van der Waals surface area contributed by atoms with Gasteiger partial charge in [0.2, 0.25) is 0 Å².